The third kappa shape index (κ3) is 13.5. The number of carbonyl (C=O) groups is 1. The van der Waals surface area contributed by atoms with Crippen LogP contribution in [0.3, 0.4) is 0 Å². The number of amides is 1. The smallest absolute Gasteiger partial charge is 0.251 e. The highest BCUT2D eigenvalue weighted by atomic mass is 16.5. The zero-order valence-corrected chi connectivity index (χ0v) is 19.6. The summed E-state index contributed by atoms with van der Waals surface area (Å²) in [7, 11) is 0. The minimum Gasteiger partial charge on any atom is -0.378 e. The highest BCUT2D eigenvalue weighted by Gasteiger charge is 2.22. The predicted octanol–water partition coefficient (Wildman–Crippen LogP) is 6.61. The van der Waals surface area contributed by atoms with E-state index >= 15 is 0 Å². The normalized spacial score (nSPS) is 16.0. The van der Waals surface area contributed by atoms with Gasteiger partial charge < -0.3 is 10.1 Å². The molecule has 1 aliphatic carbocycles. The molecule has 0 heterocycles. The second-order valence-corrected chi connectivity index (χ2v) is 7.69. The molecule has 0 aromatic heterocycles. The average Bonchev–Trinajstić information content (AvgIpc) is 2.79. The van der Waals surface area contributed by atoms with E-state index in [0.717, 1.165) is 19.3 Å². The molecule has 158 valence electrons. The third-order valence-electron chi connectivity index (χ3n) is 4.03. The van der Waals surface area contributed by atoms with Gasteiger partial charge in [-0.15, -0.1) is 0 Å². The lowest BCUT2D eigenvalue weighted by atomic mass is 9.93. The Bertz CT molecular complexity index is 485. The van der Waals surface area contributed by atoms with Crippen LogP contribution in [0, 0.1) is 5.41 Å². The maximum Gasteiger partial charge on any atom is 0.251 e. The fraction of sp³-hybridized carbons (Fsp3) is 0.708. The molecule has 0 saturated carbocycles. The lowest BCUT2D eigenvalue weighted by Crippen LogP contribution is -2.44. The summed E-state index contributed by atoms with van der Waals surface area (Å²) in [5, 5.41) is 3.11. The summed E-state index contributed by atoms with van der Waals surface area (Å²) in [5.74, 6) is -0.0322. The summed E-state index contributed by atoms with van der Waals surface area (Å²) in [6, 6.07) is 0. The van der Waals surface area contributed by atoms with Crippen molar-refractivity contribution in [3.8, 4) is 0 Å². The Hall–Kier alpha value is -1.35. The van der Waals surface area contributed by atoms with E-state index in [0.29, 0.717) is 12.2 Å². The summed E-state index contributed by atoms with van der Waals surface area (Å²) in [6.45, 7) is 21.2. The minimum absolute atomic E-state index is 0.0166. The Morgan fingerprint density at radius 1 is 1.19 bits per heavy atom. The van der Waals surface area contributed by atoms with E-state index in [1.54, 1.807) is 0 Å². The topological polar surface area (TPSA) is 38.3 Å². The Labute approximate surface area is 169 Å². The maximum absolute atomic E-state index is 12.5. The van der Waals surface area contributed by atoms with Crippen LogP contribution in [-0.4, -0.2) is 24.2 Å². The fourth-order valence-corrected chi connectivity index (χ4v) is 2.41. The van der Waals surface area contributed by atoms with Crippen LogP contribution in [0.2, 0.25) is 0 Å². The quantitative estimate of drug-likeness (QED) is 0.515. The summed E-state index contributed by atoms with van der Waals surface area (Å²) in [5.41, 5.74) is 0.390. The molecule has 0 aromatic rings. The van der Waals surface area contributed by atoms with Gasteiger partial charge in [0, 0.05) is 23.1 Å². The number of nitrogens with one attached hydrogen (secondary N) is 1. The van der Waals surface area contributed by atoms with Gasteiger partial charge in [0.05, 0.1) is 6.10 Å². The zero-order valence-electron chi connectivity index (χ0n) is 19.6. The van der Waals surface area contributed by atoms with E-state index in [1.807, 2.05) is 59.8 Å². The van der Waals surface area contributed by atoms with E-state index < -0.39 is 0 Å². The minimum atomic E-state index is -0.288. The lowest BCUT2D eigenvalue weighted by Gasteiger charge is -2.27. The maximum atomic E-state index is 12.5. The van der Waals surface area contributed by atoms with Crippen LogP contribution in [0.15, 0.2) is 36.0 Å². The molecular formula is C24H45NO2. The van der Waals surface area contributed by atoms with Crippen LogP contribution < -0.4 is 5.32 Å². The average molecular weight is 380 g/mol. The van der Waals surface area contributed by atoms with Crippen molar-refractivity contribution in [3.63, 3.8) is 0 Å². The van der Waals surface area contributed by atoms with Gasteiger partial charge in [-0.3, -0.25) is 4.79 Å². The number of allylic oxidation sites excluding steroid dienone is 4. The van der Waals surface area contributed by atoms with Crippen molar-refractivity contribution < 1.29 is 9.53 Å². The van der Waals surface area contributed by atoms with E-state index in [2.05, 4.69) is 45.2 Å². The molecule has 0 radical (unpaired) electrons. The molecular weight excluding hydrogens is 334 g/mol. The van der Waals surface area contributed by atoms with E-state index in [-0.39, 0.29) is 23.0 Å². The van der Waals surface area contributed by atoms with Crippen LogP contribution in [0.4, 0.5) is 0 Å². The van der Waals surface area contributed by atoms with Gasteiger partial charge in [0.2, 0.25) is 0 Å². The summed E-state index contributed by atoms with van der Waals surface area (Å²) < 4.78 is 5.80. The van der Waals surface area contributed by atoms with Crippen LogP contribution in [-0.2, 0) is 9.53 Å². The van der Waals surface area contributed by atoms with Gasteiger partial charge in [-0.25, -0.2) is 0 Å². The van der Waals surface area contributed by atoms with Crippen molar-refractivity contribution >= 4 is 5.91 Å². The first-order valence-corrected chi connectivity index (χ1v) is 10.7. The highest BCUT2D eigenvalue weighted by Crippen LogP contribution is 2.23. The second kappa shape index (κ2) is 14.7. The summed E-state index contributed by atoms with van der Waals surface area (Å²) in [4.78, 5) is 12.5. The molecule has 1 amide bonds. The van der Waals surface area contributed by atoms with Crippen LogP contribution in [0.1, 0.15) is 88.5 Å². The van der Waals surface area contributed by atoms with Gasteiger partial charge >= 0.3 is 0 Å². The second-order valence-electron chi connectivity index (χ2n) is 7.69. The van der Waals surface area contributed by atoms with Gasteiger partial charge in [0.1, 0.15) is 0 Å². The molecule has 3 heteroatoms. The predicted molar refractivity (Wildman–Crippen MR) is 120 cm³/mol. The van der Waals surface area contributed by atoms with Crippen LogP contribution in [0.5, 0.6) is 0 Å². The first kappa shape index (κ1) is 27.9. The Morgan fingerprint density at radius 2 is 1.78 bits per heavy atom. The van der Waals surface area contributed by atoms with Crippen molar-refractivity contribution in [3.05, 3.63) is 36.0 Å². The Morgan fingerprint density at radius 3 is 2.33 bits per heavy atom. The molecule has 1 atom stereocenters. The Kier molecular flexibility index (Phi) is 15.1. The van der Waals surface area contributed by atoms with Gasteiger partial charge in [-0.2, -0.15) is 0 Å². The number of rotatable bonds is 8. The van der Waals surface area contributed by atoms with Crippen LogP contribution in [0.25, 0.3) is 0 Å². The fourth-order valence-electron chi connectivity index (χ4n) is 2.41. The molecule has 1 N–H and O–H groups in total. The van der Waals surface area contributed by atoms with E-state index in [1.165, 1.54) is 0 Å². The lowest BCUT2D eigenvalue weighted by molar-refractivity contribution is -0.118. The number of hydrogen-bond donors (Lipinski definition) is 1. The first-order chi connectivity index (χ1) is 12.7. The molecule has 1 aliphatic rings. The molecule has 0 fully saturated rings. The van der Waals surface area contributed by atoms with Crippen molar-refractivity contribution in [1.82, 2.24) is 5.32 Å². The first-order valence-electron chi connectivity index (χ1n) is 10.7. The summed E-state index contributed by atoms with van der Waals surface area (Å²) >= 11 is 0. The van der Waals surface area contributed by atoms with Crippen molar-refractivity contribution in [2.75, 3.05) is 6.61 Å². The molecule has 0 bridgehead atoms. The molecule has 0 aromatic carbocycles. The third-order valence-corrected chi connectivity index (χ3v) is 4.03. The van der Waals surface area contributed by atoms with E-state index in [4.69, 9.17) is 4.74 Å². The molecule has 1 unspecified atom stereocenters. The molecule has 0 spiro atoms. The van der Waals surface area contributed by atoms with Gasteiger partial charge in [-0.1, -0.05) is 79.2 Å². The van der Waals surface area contributed by atoms with Crippen molar-refractivity contribution in [2.45, 2.75) is 100 Å². The van der Waals surface area contributed by atoms with Crippen molar-refractivity contribution in [1.29, 1.82) is 0 Å². The molecule has 1 rings (SSSR count). The van der Waals surface area contributed by atoms with Gasteiger partial charge in [-0.05, 0) is 39.7 Å². The SMILES string of the molecule is CC.CC.CCCC(C)OCCC(C)(C)NC(=O)C1=CC=CC(C)(C)C=C1. The van der Waals surface area contributed by atoms with Gasteiger partial charge in [0.25, 0.3) is 5.91 Å². The Balaban J connectivity index is 0. The monoisotopic (exact) mass is 379 g/mol. The highest BCUT2D eigenvalue weighted by molar-refractivity contribution is 5.97. The van der Waals surface area contributed by atoms with Gasteiger partial charge in [0.15, 0.2) is 0 Å². The molecule has 3 nitrogen and oxygen atoms in total. The molecule has 0 aliphatic heterocycles. The molecule has 27 heavy (non-hydrogen) atoms. The zero-order chi connectivity index (χ0) is 21.5. The number of hydrogen-bond acceptors (Lipinski definition) is 2. The molecule has 0 saturated heterocycles. The number of carbonyl (C=O) groups excluding carboxylic acids is 1. The number of ether oxygens (including phenoxy) is 1. The largest absolute Gasteiger partial charge is 0.378 e. The van der Waals surface area contributed by atoms with E-state index in [9.17, 15) is 4.79 Å². The van der Waals surface area contributed by atoms with Crippen molar-refractivity contribution in [2.24, 2.45) is 5.41 Å². The standard InChI is InChI=1S/C20H33NO2.2C2H6/c1-7-9-16(2)23-15-14-20(5,6)21-18(22)17-10-8-12-19(3,4)13-11-17;2*1-2/h8,10-13,16H,7,9,14-15H2,1-6H3,(H,21,22);2*1-2H3. The van der Waals surface area contributed by atoms with Crippen LogP contribution >= 0.6 is 0 Å². The summed E-state index contributed by atoms with van der Waals surface area (Å²) in [6.07, 6.45) is 13.2.